The smallest absolute Gasteiger partial charge is 0.178 e. The van der Waals surface area contributed by atoms with E-state index in [4.69, 9.17) is 21.7 Å². The van der Waals surface area contributed by atoms with Crippen LogP contribution in [0.3, 0.4) is 0 Å². The Morgan fingerprint density at radius 2 is 1.95 bits per heavy atom. The summed E-state index contributed by atoms with van der Waals surface area (Å²) in [6, 6.07) is 5.65. The van der Waals surface area contributed by atoms with Gasteiger partial charge in [0, 0.05) is 12.3 Å². The first-order chi connectivity index (χ1) is 8.96. The van der Waals surface area contributed by atoms with E-state index in [0.717, 1.165) is 11.4 Å². The molecule has 4 nitrogen and oxygen atoms in total. The summed E-state index contributed by atoms with van der Waals surface area (Å²) in [6.07, 6.45) is 4.02. The molecule has 0 aliphatic carbocycles. The van der Waals surface area contributed by atoms with E-state index >= 15 is 0 Å². The molecule has 0 atom stereocenters. The molecule has 0 spiro atoms. The third-order valence-electron chi connectivity index (χ3n) is 2.93. The highest BCUT2D eigenvalue weighted by Crippen LogP contribution is 2.33. The van der Waals surface area contributed by atoms with Crippen molar-refractivity contribution >= 4 is 23.0 Å². The standard InChI is InChI=1S/C14H18N2O2S/c1-14(2)7-8-16(13(19)15-14)11-6-5-10(17-3)9-12(11)18-4/h5-9H,1-4H3,(H,15,19). The number of nitrogens with one attached hydrogen (secondary N) is 1. The van der Waals surface area contributed by atoms with Crippen molar-refractivity contribution < 1.29 is 9.47 Å². The Morgan fingerprint density at radius 1 is 1.21 bits per heavy atom. The molecule has 5 heteroatoms. The van der Waals surface area contributed by atoms with Gasteiger partial charge in [-0.05, 0) is 44.3 Å². The zero-order valence-electron chi connectivity index (χ0n) is 11.6. The van der Waals surface area contributed by atoms with Crippen LogP contribution in [0.2, 0.25) is 0 Å². The largest absolute Gasteiger partial charge is 0.497 e. The van der Waals surface area contributed by atoms with Crippen LogP contribution >= 0.6 is 12.2 Å². The number of thiocarbonyl (C=S) groups is 1. The highest BCUT2D eigenvalue weighted by molar-refractivity contribution is 7.80. The quantitative estimate of drug-likeness (QED) is 0.860. The Balaban J connectivity index is 2.39. The van der Waals surface area contributed by atoms with Crippen LogP contribution in [0.15, 0.2) is 30.5 Å². The predicted octanol–water partition coefficient (Wildman–Crippen LogP) is 2.69. The van der Waals surface area contributed by atoms with Gasteiger partial charge in [0.1, 0.15) is 11.5 Å². The fourth-order valence-corrected chi connectivity index (χ4v) is 2.30. The molecule has 1 heterocycles. The second-order valence-corrected chi connectivity index (χ2v) is 5.26. The molecule has 1 aliphatic heterocycles. The van der Waals surface area contributed by atoms with Crippen molar-refractivity contribution in [3.05, 3.63) is 30.5 Å². The molecule has 1 aromatic rings. The maximum Gasteiger partial charge on any atom is 0.178 e. The van der Waals surface area contributed by atoms with Crippen molar-refractivity contribution in [3.63, 3.8) is 0 Å². The lowest BCUT2D eigenvalue weighted by atomic mass is 10.0. The van der Waals surface area contributed by atoms with Gasteiger partial charge in [-0.25, -0.2) is 0 Å². The summed E-state index contributed by atoms with van der Waals surface area (Å²) >= 11 is 5.40. The first kappa shape index (κ1) is 13.7. The highest BCUT2D eigenvalue weighted by Gasteiger charge is 2.25. The number of nitrogens with zero attached hydrogens (tertiary/aromatic N) is 1. The van der Waals surface area contributed by atoms with Gasteiger partial charge in [0.2, 0.25) is 0 Å². The summed E-state index contributed by atoms with van der Waals surface area (Å²) < 4.78 is 10.6. The molecule has 0 unspecified atom stereocenters. The van der Waals surface area contributed by atoms with Gasteiger partial charge < -0.3 is 14.8 Å². The van der Waals surface area contributed by atoms with E-state index < -0.39 is 0 Å². The molecule has 1 aliphatic rings. The minimum atomic E-state index is -0.132. The molecule has 0 radical (unpaired) electrons. The van der Waals surface area contributed by atoms with Gasteiger partial charge in [-0.1, -0.05) is 0 Å². The average Bonchev–Trinajstić information content (AvgIpc) is 2.37. The maximum absolute atomic E-state index is 5.40. The number of hydrogen-bond donors (Lipinski definition) is 1. The fourth-order valence-electron chi connectivity index (χ4n) is 1.88. The molecular formula is C14H18N2O2S. The summed E-state index contributed by atoms with van der Waals surface area (Å²) in [7, 11) is 3.26. The van der Waals surface area contributed by atoms with Crippen LogP contribution in [0.1, 0.15) is 13.8 Å². The lowest BCUT2D eigenvalue weighted by Gasteiger charge is -2.35. The van der Waals surface area contributed by atoms with Gasteiger partial charge >= 0.3 is 0 Å². The maximum atomic E-state index is 5.40. The van der Waals surface area contributed by atoms with Gasteiger partial charge in [-0.3, -0.25) is 4.90 Å². The summed E-state index contributed by atoms with van der Waals surface area (Å²) in [5.41, 5.74) is 0.750. The lowest BCUT2D eigenvalue weighted by Crippen LogP contribution is -2.51. The van der Waals surface area contributed by atoms with Gasteiger partial charge in [0.15, 0.2) is 5.11 Å². The van der Waals surface area contributed by atoms with Crippen LogP contribution in [0, 0.1) is 0 Å². The normalized spacial score (nSPS) is 17.1. The van der Waals surface area contributed by atoms with E-state index in [2.05, 4.69) is 25.2 Å². The molecule has 0 saturated carbocycles. The second kappa shape index (κ2) is 5.09. The minimum Gasteiger partial charge on any atom is -0.497 e. The van der Waals surface area contributed by atoms with E-state index in [9.17, 15) is 0 Å². The van der Waals surface area contributed by atoms with Crippen LogP contribution < -0.4 is 19.7 Å². The van der Waals surface area contributed by atoms with Crippen molar-refractivity contribution in [2.24, 2.45) is 0 Å². The summed E-state index contributed by atoms with van der Waals surface area (Å²) in [6.45, 7) is 4.14. The molecule has 0 fully saturated rings. The predicted molar refractivity (Wildman–Crippen MR) is 81.0 cm³/mol. The van der Waals surface area contributed by atoms with Crippen molar-refractivity contribution in [1.29, 1.82) is 0 Å². The Labute approximate surface area is 119 Å². The molecule has 1 aromatic carbocycles. The molecule has 0 aromatic heterocycles. The molecule has 0 bridgehead atoms. The first-order valence-corrected chi connectivity index (χ1v) is 6.40. The van der Waals surface area contributed by atoms with Gasteiger partial charge in [-0.2, -0.15) is 0 Å². The Kier molecular flexibility index (Phi) is 3.66. The molecule has 102 valence electrons. The van der Waals surface area contributed by atoms with E-state index in [1.54, 1.807) is 14.2 Å². The number of hydrogen-bond acceptors (Lipinski definition) is 3. The Bertz CT molecular complexity index is 526. The van der Waals surface area contributed by atoms with Gasteiger partial charge in [0.05, 0.1) is 25.4 Å². The Morgan fingerprint density at radius 3 is 2.53 bits per heavy atom. The fraction of sp³-hybridized carbons (Fsp3) is 0.357. The highest BCUT2D eigenvalue weighted by atomic mass is 32.1. The van der Waals surface area contributed by atoms with Crippen molar-refractivity contribution in [3.8, 4) is 11.5 Å². The number of anilines is 1. The third kappa shape index (κ3) is 2.81. The molecule has 2 rings (SSSR count). The van der Waals surface area contributed by atoms with Crippen LogP contribution in [0.4, 0.5) is 5.69 Å². The zero-order valence-corrected chi connectivity index (χ0v) is 12.4. The molecular weight excluding hydrogens is 260 g/mol. The van der Waals surface area contributed by atoms with E-state index in [0.29, 0.717) is 10.9 Å². The average molecular weight is 278 g/mol. The minimum absolute atomic E-state index is 0.132. The zero-order chi connectivity index (χ0) is 14.0. The topological polar surface area (TPSA) is 33.7 Å². The Hall–Kier alpha value is -1.75. The second-order valence-electron chi connectivity index (χ2n) is 4.88. The van der Waals surface area contributed by atoms with Gasteiger partial charge in [-0.15, -0.1) is 0 Å². The molecule has 0 saturated heterocycles. The van der Waals surface area contributed by atoms with Crippen LogP contribution in [0.5, 0.6) is 11.5 Å². The summed E-state index contributed by atoms with van der Waals surface area (Å²) in [4.78, 5) is 1.89. The van der Waals surface area contributed by atoms with Crippen LogP contribution in [0.25, 0.3) is 0 Å². The molecule has 1 N–H and O–H groups in total. The van der Waals surface area contributed by atoms with E-state index in [1.807, 2.05) is 29.3 Å². The molecule has 0 amide bonds. The number of ether oxygens (including phenoxy) is 2. The van der Waals surface area contributed by atoms with Crippen molar-refractivity contribution in [1.82, 2.24) is 5.32 Å². The third-order valence-corrected chi connectivity index (χ3v) is 3.23. The van der Waals surface area contributed by atoms with E-state index in [1.165, 1.54) is 0 Å². The van der Waals surface area contributed by atoms with Crippen molar-refractivity contribution in [2.75, 3.05) is 19.1 Å². The lowest BCUT2D eigenvalue weighted by molar-refractivity contribution is 0.395. The van der Waals surface area contributed by atoms with Gasteiger partial charge in [0.25, 0.3) is 0 Å². The number of rotatable bonds is 3. The van der Waals surface area contributed by atoms with E-state index in [-0.39, 0.29) is 5.54 Å². The van der Waals surface area contributed by atoms with Crippen LogP contribution in [-0.2, 0) is 0 Å². The number of benzene rings is 1. The summed E-state index contributed by atoms with van der Waals surface area (Å²) in [5.74, 6) is 1.47. The van der Waals surface area contributed by atoms with Crippen LogP contribution in [-0.4, -0.2) is 24.9 Å². The molecule has 19 heavy (non-hydrogen) atoms. The monoisotopic (exact) mass is 278 g/mol. The number of methoxy groups -OCH3 is 2. The first-order valence-electron chi connectivity index (χ1n) is 5.99. The SMILES string of the molecule is COc1ccc(N2C=CC(C)(C)NC2=S)c(OC)c1. The summed E-state index contributed by atoms with van der Waals surface area (Å²) in [5, 5.41) is 3.92. The van der Waals surface area contributed by atoms with Crippen molar-refractivity contribution in [2.45, 2.75) is 19.4 Å².